The topological polar surface area (TPSA) is 38.7 Å². The molecule has 4 heteroatoms. The monoisotopic (exact) mass is 280 g/mol. The Morgan fingerprint density at radius 2 is 1.84 bits per heavy atom. The van der Waals surface area contributed by atoms with Crippen LogP contribution < -0.4 is 9.47 Å². The number of hydrogen-bond acceptors (Lipinski definition) is 4. The van der Waals surface area contributed by atoms with Crippen LogP contribution in [0.25, 0.3) is 0 Å². The molecule has 0 aromatic heterocycles. The van der Waals surface area contributed by atoms with Crippen LogP contribution in [0.4, 0.5) is 0 Å². The van der Waals surface area contributed by atoms with Crippen LogP contribution in [0.5, 0.6) is 11.5 Å². The Balaban J connectivity index is 1.92. The van der Waals surface area contributed by atoms with Gasteiger partial charge in [-0.15, -0.1) is 0 Å². The third-order valence-electron chi connectivity index (χ3n) is 3.68. The van der Waals surface area contributed by atoms with E-state index in [1.165, 1.54) is 0 Å². The lowest BCUT2D eigenvalue weighted by atomic mass is 9.78. The molecule has 0 saturated carbocycles. The predicted octanol–water partition coefficient (Wildman–Crippen LogP) is 2.81. The third kappa shape index (κ3) is 2.56. The summed E-state index contributed by atoms with van der Waals surface area (Å²) in [4.78, 5) is 0. The number of ether oxygens (including phenoxy) is 2. The summed E-state index contributed by atoms with van der Waals surface area (Å²) in [6.45, 7) is 5.60. The highest BCUT2D eigenvalue weighted by Gasteiger charge is 2.40. The molecule has 1 saturated heterocycles. The Kier molecular flexibility index (Phi) is 3.18. The first-order chi connectivity index (χ1) is 8.99. The number of fused-ring (bicyclic) bond motifs is 1. The summed E-state index contributed by atoms with van der Waals surface area (Å²) in [6.07, 6.45) is 0.784. The largest absolute Gasteiger partial charge is 0.486 e. The maximum atomic E-state index is 11.0. The fourth-order valence-corrected chi connectivity index (χ4v) is 4.27. The first-order valence-corrected chi connectivity index (χ1v) is 7.84. The molecule has 0 spiro atoms. The van der Waals surface area contributed by atoms with E-state index >= 15 is 0 Å². The van der Waals surface area contributed by atoms with Gasteiger partial charge < -0.3 is 14.6 Å². The van der Waals surface area contributed by atoms with Crippen molar-refractivity contribution in [3.8, 4) is 11.5 Å². The molecule has 1 N–H and O–H groups in total. The van der Waals surface area contributed by atoms with E-state index in [1.54, 1.807) is 0 Å². The fourth-order valence-electron chi connectivity index (χ4n) is 2.91. The number of benzene rings is 1. The molecule has 104 valence electrons. The Morgan fingerprint density at radius 3 is 2.58 bits per heavy atom. The smallest absolute Gasteiger partial charge is 0.161 e. The van der Waals surface area contributed by atoms with Crippen LogP contribution in [-0.2, 0) is 5.60 Å². The Labute approximate surface area is 118 Å². The summed E-state index contributed by atoms with van der Waals surface area (Å²) in [5, 5.41) is 11.0. The van der Waals surface area contributed by atoms with Crippen molar-refractivity contribution in [1.29, 1.82) is 0 Å². The molecule has 0 aliphatic carbocycles. The minimum atomic E-state index is -0.762. The summed E-state index contributed by atoms with van der Waals surface area (Å²) in [6, 6.07) is 5.82. The van der Waals surface area contributed by atoms with Gasteiger partial charge in [-0.25, -0.2) is 0 Å². The van der Waals surface area contributed by atoms with Crippen molar-refractivity contribution in [2.24, 2.45) is 5.41 Å². The summed E-state index contributed by atoms with van der Waals surface area (Å²) < 4.78 is 11.1. The molecular weight excluding hydrogens is 260 g/mol. The van der Waals surface area contributed by atoms with Gasteiger partial charge >= 0.3 is 0 Å². The maximum absolute atomic E-state index is 11.0. The molecule has 0 amide bonds. The van der Waals surface area contributed by atoms with E-state index in [4.69, 9.17) is 9.47 Å². The number of aliphatic hydroxyl groups is 1. The molecule has 1 unspecified atom stereocenters. The lowest BCUT2D eigenvalue weighted by Gasteiger charge is -2.41. The molecule has 2 aliphatic rings. The molecule has 2 aliphatic heterocycles. The molecule has 19 heavy (non-hydrogen) atoms. The van der Waals surface area contributed by atoms with Crippen molar-refractivity contribution in [3.05, 3.63) is 23.8 Å². The van der Waals surface area contributed by atoms with Crippen LogP contribution in [0.1, 0.15) is 25.8 Å². The third-order valence-corrected chi connectivity index (χ3v) is 5.35. The molecule has 1 atom stereocenters. The van der Waals surface area contributed by atoms with Crippen LogP contribution >= 0.6 is 11.8 Å². The summed E-state index contributed by atoms with van der Waals surface area (Å²) >= 11 is 1.82. The van der Waals surface area contributed by atoms with Gasteiger partial charge in [0.15, 0.2) is 11.5 Å². The van der Waals surface area contributed by atoms with Crippen LogP contribution in [0.2, 0.25) is 0 Å². The van der Waals surface area contributed by atoms with Crippen LogP contribution in [-0.4, -0.2) is 29.8 Å². The Bertz CT molecular complexity index is 486. The summed E-state index contributed by atoms with van der Waals surface area (Å²) in [7, 11) is 0. The quantitative estimate of drug-likeness (QED) is 0.858. The van der Waals surface area contributed by atoms with Gasteiger partial charge in [0.1, 0.15) is 13.2 Å². The number of thioether (sulfide) groups is 1. The minimum absolute atomic E-state index is 0.158. The van der Waals surface area contributed by atoms with Crippen molar-refractivity contribution in [2.45, 2.75) is 25.9 Å². The zero-order valence-corrected chi connectivity index (χ0v) is 12.3. The number of rotatable bonds is 1. The predicted molar refractivity (Wildman–Crippen MR) is 77.1 cm³/mol. The molecule has 0 bridgehead atoms. The van der Waals surface area contributed by atoms with E-state index in [-0.39, 0.29) is 5.41 Å². The highest BCUT2D eigenvalue weighted by Crippen LogP contribution is 2.46. The average molecular weight is 280 g/mol. The van der Waals surface area contributed by atoms with E-state index in [0.717, 1.165) is 35.0 Å². The SMILES string of the molecule is CC1(C)CSCC(O)(c2ccc3c(c2)OCCO3)C1. The molecule has 2 heterocycles. The van der Waals surface area contributed by atoms with E-state index in [0.29, 0.717) is 13.2 Å². The van der Waals surface area contributed by atoms with Gasteiger partial charge in [-0.05, 0) is 35.3 Å². The maximum Gasteiger partial charge on any atom is 0.161 e. The lowest BCUT2D eigenvalue weighted by molar-refractivity contribution is 0.0152. The van der Waals surface area contributed by atoms with E-state index < -0.39 is 5.60 Å². The molecule has 1 fully saturated rings. The minimum Gasteiger partial charge on any atom is -0.486 e. The van der Waals surface area contributed by atoms with Gasteiger partial charge in [0.05, 0.1) is 5.60 Å². The highest BCUT2D eigenvalue weighted by molar-refractivity contribution is 7.99. The second-order valence-electron chi connectivity index (χ2n) is 6.22. The molecule has 3 rings (SSSR count). The van der Waals surface area contributed by atoms with Gasteiger partial charge in [-0.3, -0.25) is 0 Å². The molecule has 1 aromatic carbocycles. The van der Waals surface area contributed by atoms with Crippen LogP contribution in [0.3, 0.4) is 0 Å². The standard InChI is InChI=1S/C15H20O3S/c1-14(2)8-15(16,10-19-9-14)11-3-4-12-13(7-11)18-6-5-17-12/h3-4,7,16H,5-6,8-10H2,1-2H3. The number of hydrogen-bond donors (Lipinski definition) is 1. The van der Waals surface area contributed by atoms with Crippen molar-refractivity contribution in [2.75, 3.05) is 24.7 Å². The zero-order valence-electron chi connectivity index (χ0n) is 11.4. The molecule has 0 radical (unpaired) electrons. The van der Waals surface area contributed by atoms with Gasteiger partial charge in [0.2, 0.25) is 0 Å². The summed E-state index contributed by atoms with van der Waals surface area (Å²) in [5.41, 5.74) is 0.338. The second-order valence-corrected chi connectivity index (χ2v) is 7.21. The zero-order chi connectivity index (χ0) is 13.5. The average Bonchev–Trinajstić information content (AvgIpc) is 2.36. The van der Waals surface area contributed by atoms with Gasteiger partial charge in [0.25, 0.3) is 0 Å². The van der Waals surface area contributed by atoms with Crippen LogP contribution in [0, 0.1) is 5.41 Å². The van der Waals surface area contributed by atoms with Gasteiger partial charge in [-0.1, -0.05) is 19.9 Å². The first-order valence-electron chi connectivity index (χ1n) is 6.69. The molecule has 1 aromatic rings. The van der Waals surface area contributed by atoms with Crippen molar-refractivity contribution < 1.29 is 14.6 Å². The highest BCUT2D eigenvalue weighted by atomic mass is 32.2. The van der Waals surface area contributed by atoms with Crippen molar-refractivity contribution >= 4 is 11.8 Å². The van der Waals surface area contributed by atoms with Gasteiger partial charge in [-0.2, -0.15) is 11.8 Å². The normalized spacial score (nSPS) is 29.0. The second kappa shape index (κ2) is 4.60. The Hall–Kier alpha value is -0.870. The van der Waals surface area contributed by atoms with Crippen molar-refractivity contribution in [3.63, 3.8) is 0 Å². The van der Waals surface area contributed by atoms with E-state index in [9.17, 15) is 5.11 Å². The molecular formula is C15H20O3S. The first kappa shape index (κ1) is 13.1. The summed E-state index contributed by atoms with van der Waals surface area (Å²) in [5.74, 6) is 3.38. The Morgan fingerprint density at radius 1 is 1.11 bits per heavy atom. The van der Waals surface area contributed by atoms with Crippen molar-refractivity contribution in [1.82, 2.24) is 0 Å². The van der Waals surface area contributed by atoms with Gasteiger partial charge in [0, 0.05) is 5.75 Å². The lowest BCUT2D eigenvalue weighted by Crippen LogP contribution is -2.40. The van der Waals surface area contributed by atoms with E-state index in [1.807, 2.05) is 30.0 Å². The molecule has 3 nitrogen and oxygen atoms in total. The van der Waals surface area contributed by atoms with Crippen LogP contribution in [0.15, 0.2) is 18.2 Å². The van der Waals surface area contributed by atoms with E-state index in [2.05, 4.69) is 13.8 Å². The fraction of sp³-hybridized carbons (Fsp3) is 0.600.